The summed E-state index contributed by atoms with van der Waals surface area (Å²) >= 11 is 0. The first-order valence-electron chi connectivity index (χ1n) is 7.45. The van der Waals surface area contributed by atoms with E-state index >= 15 is 0 Å². The summed E-state index contributed by atoms with van der Waals surface area (Å²) in [6.07, 6.45) is 5.61. The van der Waals surface area contributed by atoms with Crippen LogP contribution in [-0.2, 0) is 11.3 Å². The van der Waals surface area contributed by atoms with Crippen LogP contribution in [0.4, 0.5) is 0 Å². The van der Waals surface area contributed by atoms with Crippen LogP contribution in [0.1, 0.15) is 16.7 Å². The lowest BCUT2D eigenvalue weighted by molar-refractivity contribution is -0.120. The lowest BCUT2D eigenvalue weighted by atomic mass is 10.0. The van der Waals surface area contributed by atoms with Crippen molar-refractivity contribution in [3.05, 3.63) is 63.9 Å². The van der Waals surface area contributed by atoms with E-state index in [0.717, 1.165) is 21.7 Å². The first kappa shape index (κ1) is 14.6. The van der Waals surface area contributed by atoms with Crippen molar-refractivity contribution in [2.75, 3.05) is 6.54 Å². The molecule has 0 saturated heterocycles. The van der Waals surface area contributed by atoms with Crippen LogP contribution in [0.3, 0.4) is 0 Å². The fraction of sp³-hybridized carbons (Fsp3) is 0.278. The minimum atomic E-state index is -0.203. The van der Waals surface area contributed by atoms with Gasteiger partial charge < -0.3 is 5.32 Å². The summed E-state index contributed by atoms with van der Waals surface area (Å²) in [5.74, 6) is -0.275. The minimum absolute atomic E-state index is 0.0712. The Kier molecular flexibility index (Phi) is 4.11. The summed E-state index contributed by atoms with van der Waals surface area (Å²) < 4.78 is 0. The second-order valence-corrected chi connectivity index (χ2v) is 5.74. The van der Waals surface area contributed by atoms with Gasteiger partial charge in [-0.3, -0.25) is 9.78 Å². The molecule has 22 heavy (non-hydrogen) atoms. The van der Waals surface area contributed by atoms with E-state index in [2.05, 4.69) is 34.3 Å². The van der Waals surface area contributed by atoms with Crippen LogP contribution in [0.25, 0.3) is 6.08 Å². The number of benzene rings is 1. The molecule has 0 saturated carbocycles. The molecule has 4 heteroatoms. The summed E-state index contributed by atoms with van der Waals surface area (Å²) in [5.41, 5.74) is 3.36. The lowest BCUT2D eigenvalue weighted by Crippen LogP contribution is -2.39. The lowest BCUT2D eigenvalue weighted by Gasteiger charge is -2.14. The summed E-state index contributed by atoms with van der Waals surface area (Å²) in [6.45, 7) is 5.35. The topological polar surface area (TPSA) is 54.4 Å². The van der Waals surface area contributed by atoms with Crippen LogP contribution in [0.2, 0.25) is 0 Å². The van der Waals surface area contributed by atoms with Crippen molar-refractivity contribution in [1.82, 2.24) is 10.3 Å². The molecule has 1 aromatic heterocycles. The van der Waals surface area contributed by atoms with E-state index in [1.807, 2.05) is 31.3 Å². The zero-order valence-corrected chi connectivity index (χ0v) is 12.8. The number of nitrogens with zero attached hydrogens (tertiary/aromatic N) is 2. The Balaban J connectivity index is 1.75. The van der Waals surface area contributed by atoms with Gasteiger partial charge in [-0.15, -0.1) is 0 Å². The second kappa shape index (κ2) is 6.20. The first-order chi connectivity index (χ1) is 10.6. The number of carbonyl (C=O) groups is 1. The zero-order valence-electron chi connectivity index (χ0n) is 12.8. The van der Waals surface area contributed by atoms with Crippen molar-refractivity contribution in [2.24, 2.45) is 10.9 Å². The number of amides is 1. The number of hydrogen-bond donors (Lipinski definition) is 1. The third kappa shape index (κ3) is 3.12. The standard InChI is InChI=1S/C18H19N3O/c1-12-6-13(2)17-15(7-12)8-16(18(22)21-17)11-20-10-14-4-3-5-19-9-14/h3-9,16,20H,10-11H2,1-2H3. The zero-order chi connectivity index (χ0) is 15.5. The van der Waals surface area contributed by atoms with Gasteiger partial charge in [-0.2, -0.15) is 0 Å². The van der Waals surface area contributed by atoms with Gasteiger partial charge >= 0.3 is 0 Å². The van der Waals surface area contributed by atoms with Gasteiger partial charge in [-0.25, -0.2) is 4.99 Å². The molecule has 0 spiro atoms. The number of fused-ring (bicyclic) bond motifs is 1. The molecule has 3 rings (SSSR count). The van der Waals surface area contributed by atoms with E-state index in [-0.39, 0.29) is 11.8 Å². The number of carbonyl (C=O) groups excluding carboxylic acids is 1. The maximum atomic E-state index is 12.2. The average Bonchev–Trinajstić information content (AvgIpc) is 2.50. The predicted molar refractivity (Wildman–Crippen MR) is 85.6 cm³/mol. The number of aryl methyl sites for hydroxylation is 2. The Morgan fingerprint density at radius 1 is 1.27 bits per heavy atom. The SMILES string of the molecule is Cc1cc(C)c2c(c1)=CC(CNCc1cccnc1)C(=O)N=2. The quantitative estimate of drug-likeness (QED) is 0.916. The van der Waals surface area contributed by atoms with E-state index in [1.165, 1.54) is 5.56 Å². The Labute approximate surface area is 129 Å². The predicted octanol–water partition coefficient (Wildman–Crippen LogP) is 1.04. The molecule has 2 aromatic rings. The summed E-state index contributed by atoms with van der Waals surface area (Å²) in [4.78, 5) is 20.5. The normalized spacial score (nSPS) is 16.6. The molecule has 2 heterocycles. The van der Waals surface area contributed by atoms with Crippen LogP contribution in [-0.4, -0.2) is 17.4 Å². The van der Waals surface area contributed by atoms with E-state index in [4.69, 9.17) is 0 Å². The molecule has 4 nitrogen and oxygen atoms in total. The minimum Gasteiger partial charge on any atom is -0.312 e. The van der Waals surface area contributed by atoms with Gasteiger partial charge in [-0.05, 0) is 36.3 Å². The molecule has 1 atom stereocenters. The monoisotopic (exact) mass is 293 g/mol. The third-order valence-corrected chi connectivity index (χ3v) is 3.81. The average molecular weight is 293 g/mol. The van der Waals surface area contributed by atoms with Crippen LogP contribution >= 0.6 is 0 Å². The van der Waals surface area contributed by atoms with Gasteiger partial charge in [0.15, 0.2) is 0 Å². The van der Waals surface area contributed by atoms with Crippen LogP contribution < -0.4 is 15.9 Å². The van der Waals surface area contributed by atoms with Gasteiger partial charge in [-0.1, -0.05) is 29.8 Å². The van der Waals surface area contributed by atoms with Crippen molar-refractivity contribution in [3.63, 3.8) is 0 Å². The molecule has 1 N–H and O–H groups in total. The summed E-state index contributed by atoms with van der Waals surface area (Å²) in [5, 5.41) is 5.19. The molecule has 1 unspecified atom stereocenters. The molecule has 0 fully saturated rings. The van der Waals surface area contributed by atoms with E-state index in [0.29, 0.717) is 13.1 Å². The Morgan fingerprint density at radius 2 is 2.14 bits per heavy atom. The van der Waals surface area contributed by atoms with Crippen molar-refractivity contribution in [2.45, 2.75) is 20.4 Å². The van der Waals surface area contributed by atoms with Crippen LogP contribution in [0, 0.1) is 19.8 Å². The van der Waals surface area contributed by atoms with Crippen LogP contribution in [0.5, 0.6) is 0 Å². The molecule has 0 aliphatic carbocycles. The largest absolute Gasteiger partial charge is 0.312 e. The van der Waals surface area contributed by atoms with Crippen molar-refractivity contribution >= 4 is 12.0 Å². The fourth-order valence-corrected chi connectivity index (χ4v) is 2.77. The van der Waals surface area contributed by atoms with Gasteiger partial charge in [0.25, 0.3) is 5.91 Å². The molecule has 0 radical (unpaired) electrons. The second-order valence-electron chi connectivity index (χ2n) is 5.74. The van der Waals surface area contributed by atoms with Crippen molar-refractivity contribution in [3.8, 4) is 0 Å². The molecule has 1 aromatic carbocycles. The van der Waals surface area contributed by atoms with Gasteiger partial charge in [0.1, 0.15) is 0 Å². The molecule has 0 bridgehead atoms. The Hall–Kier alpha value is -2.33. The van der Waals surface area contributed by atoms with E-state index < -0.39 is 0 Å². The Morgan fingerprint density at radius 3 is 2.91 bits per heavy atom. The number of hydrogen-bond acceptors (Lipinski definition) is 3. The number of pyridine rings is 1. The number of rotatable bonds is 4. The van der Waals surface area contributed by atoms with E-state index in [9.17, 15) is 4.79 Å². The summed E-state index contributed by atoms with van der Waals surface area (Å²) in [7, 11) is 0. The highest BCUT2D eigenvalue weighted by Crippen LogP contribution is 2.05. The van der Waals surface area contributed by atoms with Crippen molar-refractivity contribution in [1.29, 1.82) is 0 Å². The highest BCUT2D eigenvalue weighted by atomic mass is 16.1. The van der Waals surface area contributed by atoms with E-state index in [1.54, 1.807) is 6.20 Å². The molecule has 1 aliphatic heterocycles. The van der Waals surface area contributed by atoms with Gasteiger partial charge in [0, 0.05) is 25.5 Å². The third-order valence-electron chi connectivity index (χ3n) is 3.81. The van der Waals surface area contributed by atoms with Gasteiger partial charge in [0.2, 0.25) is 0 Å². The molecule has 112 valence electrons. The molecule has 1 aliphatic rings. The van der Waals surface area contributed by atoms with Crippen LogP contribution in [0.15, 0.2) is 41.7 Å². The number of nitrogens with one attached hydrogen (secondary N) is 1. The van der Waals surface area contributed by atoms with Crippen molar-refractivity contribution < 1.29 is 4.79 Å². The van der Waals surface area contributed by atoms with Gasteiger partial charge in [0.05, 0.1) is 11.3 Å². The number of aromatic nitrogens is 1. The first-order valence-corrected chi connectivity index (χ1v) is 7.45. The molecule has 1 amide bonds. The Bertz CT molecular complexity index is 812. The highest BCUT2D eigenvalue weighted by Gasteiger charge is 2.18. The summed E-state index contributed by atoms with van der Waals surface area (Å²) in [6, 6.07) is 8.07. The fourth-order valence-electron chi connectivity index (χ4n) is 2.77. The smallest absolute Gasteiger partial charge is 0.254 e. The maximum absolute atomic E-state index is 12.2. The molecular weight excluding hydrogens is 274 g/mol. The maximum Gasteiger partial charge on any atom is 0.254 e. The molecular formula is C18H19N3O. The highest BCUT2D eigenvalue weighted by molar-refractivity contribution is 5.86.